The summed E-state index contributed by atoms with van der Waals surface area (Å²) in [6, 6.07) is 4.90. The predicted octanol–water partition coefficient (Wildman–Crippen LogP) is 1.81. The van der Waals surface area contributed by atoms with Gasteiger partial charge in [-0.25, -0.2) is 0 Å². The Kier molecular flexibility index (Phi) is 4.65. The predicted molar refractivity (Wildman–Crippen MR) is 79.5 cm³/mol. The van der Waals surface area contributed by atoms with Crippen molar-refractivity contribution >= 4 is 0 Å². The van der Waals surface area contributed by atoms with Crippen LogP contribution in [0.25, 0.3) is 0 Å². The Morgan fingerprint density at radius 1 is 1.30 bits per heavy atom. The number of hydrogen-bond acceptors (Lipinski definition) is 4. The largest absolute Gasteiger partial charge is 0.372 e. The van der Waals surface area contributed by atoms with E-state index in [1.54, 1.807) is 0 Å². The number of pyridine rings is 1. The third-order valence-electron chi connectivity index (χ3n) is 4.10. The van der Waals surface area contributed by atoms with Gasteiger partial charge in [-0.2, -0.15) is 0 Å². The van der Waals surface area contributed by atoms with Gasteiger partial charge in [0.1, 0.15) is 0 Å². The Hall–Kier alpha value is -0.970. The van der Waals surface area contributed by atoms with Crippen molar-refractivity contribution in [1.29, 1.82) is 0 Å². The minimum Gasteiger partial charge on any atom is -0.372 e. The number of nitrogens with zero attached hydrogens (tertiary/aromatic N) is 2. The number of rotatable bonds is 7. The van der Waals surface area contributed by atoms with E-state index in [2.05, 4.69) is 28.3 Å². The molecule has 1 saturated carbocycles. The topological polar surface area (TPSA) is 37.4 Å². The van der Waals surface area contributed by atoms with Gasteiger partial charge < -0.3 is 10.1 Å². The van der Waals surface area contributed by atoms with E-state index < -0.39 is 0 Å². The van der Waals surface area contributed by atoms with Crippen LogP contribution >= 0.6 is 0 Å². The third-order valence-corrected chi connectivity index (χ3v) is 4.10. The molecule has 1 aromatic rings. The van der Waals surface area contributed by atoms with Crippen molar-refractivity contribution in [3.05, 3.63) is 30.1 Å². The van der Waals surface area contributed by atoms with Crippen LogP contribution in [0.3, 0.4) is 0 Å². The first-order valence-corrected chi connectivity index (χ1v) is 7.76. The van der Waals surface area contributed by atoms with Crippen molar-refractivity contribution in [3.8, 4) is 0 Å². The lowest BCUT2D eigenvalue weighted by atomic mass is 10.2. The van der Waals surface area contributed by atoms with Crippen molar-refractivity contribution in [1.82, 2.24) is 15.2 Å². The molecule has 1 N–H and O–H groups in total. The number of nitrogens with one attached hydrogen (secondary N) is 1. The molecule has 2 fully saturated rings. The minimum absolute atomic E-state index is 0.391. The monoisotopic (exact) mass is 275 g/mol. The average Bonchev–Trinajstić information content (AvgIpc) is 3.18. The number of hydrogen-bond donors (Lipinski definition) is 1. The van der Waals surface area contributed by atoms with Crippen LogP contribution in [0, 0.1) is 0 Å². The quantitative estimate of drug-likeness (QED) is 0.823. The lowest BCUT2D eigenvalue weighted by Gasteiger charge is -2.21. The van der Waals surface area contributed by atoms with Crippen LogP contribution in [0.1, 0.15) is 31.2 Å². The van der Waals surface area contributed by atoms with Crippen molar-refractivity contribution in [2.24, 2.45) is 0 Å². The van der Waals surface area contributed by atoms with E-state index in [0.29, 0.717) is 12.2 Å². The smallest absolute Gasteiger partial charge is 0.0707 e. The summed E-state index contributed by atoms with van der Waals surface area (Å²) in [4.78, 5) is 6.49. The number of ether oxygens (including phenoxy) is 1. The van der Waals surface area contributed by atoms with Gasteiger partial charge in [0, 0.05) is 38.1 Å². The van der Waals surface area contributed by atoms with E-state index in [-0.39, 0.29) is 0 Å². The van der Waals surface area contributed by atoms with Gasteiger partial charge in [-0.05, 0) is 44.4 Å². The maximum atomic E-state index is 6.13. The Labute approximate surface area is 121 Å². The second kappa shape index (κ2) is 6.66. The molecule has 4 heteroatoms. The molecular formula is C16H25N3O. The van der Waals surface area contributed by atoms with Crippen LogP contribution < -0.4 is 5.32 Å². The van der Waals surface area contributed by atoms with E-state index in [0.717, 1.165) is 25.7 Å². The van der Waals surface area contributed by atoms with Gasteiger partial charge in [0.2, 0.25) is 0 Å². The molecule has 1 aliphatic heterocycles. The molecule has 20 heavy (non-hydrogen) atoms. The van der Waals surface area contributed by atoms with Gasteiger partial charge in [-0.15, -0.1) is 0 Å². The second-order valence-corrected chi connectivity index (χ2v) is 6.20. The van der Waals surface area contributed by atoms with E-state index in [9.17, 15) is 0 Å². The Morgan fingerprint density at radius 2 is 2.15 bits per heavy atom. The number of likely N-dealkylation sites (N-methyl/N-ethyl adjacent to an activating group) is 1. The van der Waals surface area contributed by atoms with Crippen molar-refractivity contribution < 1.29 is 4.74 Å². The molecule has 2 unspecified atom stereocenters. The fourth-order valence-electron chi connectivity index (χ4n) is 2.87. The van der Waals surface area contributed by atoms with E-state index >= 15 is 0 Å². The summed E-state index contributed by atoms with van der Waals surface area (Å²) in [7, 11) is 2.16. The maximum absolute atomic E-state index is 6.13. The molecule has 0 radical (unpaired) electrons. The Balaban J connectivity index is 1.37. The highest BCUT2D eigenvalue weighted by Crippen LogP contribution is 2.23. The zero-order valence-electron chi connectivity index (χ0n) is 12.3. The molecule has 4 nitrogen and oxygen atoms in total. The van der Waals surface area contributed by atoms with Crippen LogP contribution in [0.2, 0.25) is 0 Å². The molecule has 0 spiro atoms. The molecular weight excluding hydrogens is 250 g/mol. The first-order valence-electron chi connectivity index (χ1n) is 7.76. The molecule has 110 valence electrons. The molecule has 0 amide bonds. The maximum Gasteiger partial charge on any atom is 0.0707 e. The van der Waals surface area contributed by atoms with Crippen molar-refractivity contribution in [3.63, 3.8) is 0 Å². The molecule has 2 atom stereocenters. The van der Waals surface area contributed by atoms with Crippen LogP contribution in [0.5, 0.6) is 0 Å². The summed E-state index contributed by atoms with van der Waals surface area (Å²) >= 11 is 0. The molecule has 1 saturated heterocycles. The highest BCUT2D eigenvalue weighted by molar-refractivity contribution is 5.07. The number of aromatic nitrogens is 1. The molecule has 3 rings (SSSR count). The van der Waals surface area contributed by atoms with Gasteiger partial charge in [-0.3, -0.25) is 9.88 Å². The van der Waals surface area contributed by atoms with Gasteiger partial charge in [0.15, 0.2) is 0 Å². The highest BCUT2D eigenvalue weighted by atomic mass is 16.5. The summed E-state index contributed by atoms with van der Waals surface area (Å²) < 4.78 is 6.13. The fourth-order valence-corrected chi connectivity index (χ4v) is 2.87. The van der Waals surface area contributed by atoms with Gasteiger partial charge in [0.05, 0.1) is 12.2 Å². The lowest BCUT2D eigenvalue weighted by molar-refractivity contribution is 0.0265. The second-order valence-electron chi connectivity index (χ2n) is 6.20. The average molecular weight is 275 g/mol. The molecule has 1 aromatic heterocycles. The first kappa shape index (κ1) is 14.0. The van der Waals surface area contributed by atoms with Crippen molar-refractivity contribution in [2.75, 3.05) is 20.1 Å². The SMILES string of the molecule is CN(Cc1cccnc1)CC1CCC(CNC2CC2)O1. The van der Waals surface area contributed by atoms with Crippen molar-refractivity contribution in [2.45, 2.75) is 50.5 Å². The summed E-state index contributed by atoms with van der Waals surface area (Å²) in [6.45, 7) is 2.99. The molecule has 2 aliphatic rings. The van der Waals surface area contributed by atoms with Crippen LogP contribution in [-0.2, 0) is 11.3 Å². The summed E-state index contributed by atoms with van der Waals surface area (Å²) in [5.41, 5.74) is 1.26. The highest BCUT2D eigenvalue weighted by Gasteiger charge is 2.28. The lowest BCUT2D eigenvalue weighted by Crippen LogP contribution is -2.32. The summed E-state index contributed by atoms with van der Waals surface area (Å²) in [5.74, 6) is 0. The van der Waals surface area contributed by atoms with Crippen LogP contribution in [0.4, 0.5) is 0 Å². The van der Waals surface area contributed by atoms with Gasteiger partial charge in [-0.1, -0.05) is 6.07 Å². The standard InChI is InChI=1S/C16H25N3O/c1-19(11-13-3-2-8-17-9-13)12-16-7-6-15(20-16)10-18-14-4-5-14/h2-3,8-9,14-16,18H,4-7,10-12H2,1H3. The Morgan fingerprint density at radius 3 is 2.90 bits per heavy atom. The normalized spacial score (nSPS) is 26.3. The fraction of sp³-hybridized carbons (Fsp3) is 0.688. The Bertz CT molecular complexity index is 407. The molecule has 1 aliphatic carbocycles. The van der Waals surface area contributed by atoms with Gasteiger partial charge >= 0.3 is 0 Å². The molecule has 0 bridgehead atoms. The zero-order valence-corrected chi connectivity index (χ0v) is 12.3. The third kappa shape index (κ3) is 4.27. The minimum atomic E-state index is 0.391. The molecule has 0 aromatic carbocycles. The van der Waals surface area contributed by atoms with Gasteiger partial charge in [0.25, 0.3) is 0 Å². The van der Waals surface area contributed by atoms with Crippen LogP contribution in [-0.4, -0.2) is 48.3 Å². The van der Waals surface area contributed by atoms with E-state index in [1.807, 2.05) is 18.5 Å². The van der Waals surface area contributed by atoms with E-state index in [1.165, 1.54) is 31.2 Å². The summed E-state index contributed by atoms with van der Waals surface area (Å²) in [5, 5.41) is 3.57. The van der Waals surface area contributed by atoms with E-state index in [4.69, 9.17) is 4.74 Å². The first-order chi connectivity index (χ1) is 9.79. The van der Waals surface area contributed by atoms with Crippen LogP contribution in [0.15, 0.2) is 24.5 Å². The zero-order chi connectivity index (χ0) is 13.8. The molecule has 2 heterocycles. The summed E-state index contributed by atoms with van der Waals surface area (Å²) in [6.07, 6.45) is 9.66.